The minimum absolute atomic E-state index is 0.0295. The van der Waals surface area contributed by atoms with Crippen molar-refractivity contribution in [3.63, 3.8) is 0 Å². The molecule has 2 aromatic carbocycles. The van der Waals surface area contributed by atoms with Crippen molar-refractivity contribution in [3.8, 4) is 11.5 Å². The number of carbonyl (C=O) groups excluding carboxylic acids is 1. The molecule has 0 aliphatic rings. The summed E-state index contributed by atoms with van der Waals surface area (Å²) >= 11 is 0. The van der Waals surface area contributed by atoms with Gasteiger partial charge in [0.1, 0.15) is 16.5 Å². The first-order chi connectivity index (χ1) is 10.7. The van der Waals surface area contributed by atoms with Gasteiger partial charge < -0.3 is 8.92 Å². The molecule has 0 radical (unpaired) electrons. The van der Waals surface area contributed by atoms with Gasteiger partial charge in [0.15, 0.2) is 17.3 Å². The van der Waals surface area contributed by atoms with Crippen LogP contribution in [0, 0.1) is 11.6 Å². The van der Waals surface area contributed by atoms with Crippen molar-refractivity contribution < 1.29 is 30.9 Å². The normalized spacial score (nSPS) is 11.1. The quantitative estimate of drug-likeness (QED) is 0.617. The molecule has 0 aliphatic carbocycles. The van der Waals surface area contributed by atoms with Crippen molar-refractivity contribution in [2.45, 2.75) is 11.8 Å². The number of methoxy groups -OCH3 is 1. The summed E-state index contributed by atoms with van der Waals surface area (Å²) in [5, 5.41) is 0. The predicted octanol–water partition coefficient (Wildman–Crippen LogP) is 2.94. The third kappa shape index (κ3) is 3.65. The molecule has 122 valence electrons. The summed E-state index contributed by atoms with van der Waals surface area (Å²) in [6.07, 6.45) is 0. The average molecular weight is 342 g/mol. The first-order valence-electron chi connectivity index (χ1n) is 6.33. The van der Waals surface area contributed by atoms with Crippen LogP contribution in [0.3, 0.4) is 0 Å². The van der Waals surface area contributed by atoms with E-state index in [1.54, 1.807) is 0 Å². The lowest BCUT2D eigenvalue weighted by molar-refractivity contribution is 0.101. The second-order valence-electron chi connectivity index (χ2n) is 4.53. The summed E-state index contributed by atoms with van der Waals surface area (Å²) in [7, 11) is -3.36. The van der Waals surface area contributed by atoms with Gasteiger partial charge in [-0.15, -0.1) is 0 Å². The van der Waals surface area contributed by atoms with Gasteiger partial charge in [0.25, 0.3) is 0 Å². The van der Waals surface area contributed by atoms with Crippen LogP contribution < -0.4 is 8.92 Å². The highest BCUT2D eigenvalue weighted by molar-refractivity contribution is 7.87. The molecule has 0 bridgehead atoms. The van der Waals surface area contributed by atoms with Gasteiger partial charge >= 0.3 is 10.1 Å². The van der Waals surface area contributed by atoms with Crippen molar-refractivity contribution >= 4 is 15.9 Å². The summed E-state index contributed by atoms with van der Waals surface area (Å²) in [5.74, 6) is -2.61. The Bertz CT molecular complexity index is 862. The van der Waals surface area contributed by atoms with Crippen LogP contribution in [0.4, 0.5) is 8.78 Å². The molecule has 0 aromatic heterocycles. The molecule has 5 nitrogen and oxygen atoms in total. The number of ketones is 1. The van der Waals surface area contributed by atoms with Crippen LogP contribution in [0.25, 0.3) is 0 Å². The lowest BCUT2D eigenvalue weighted by atomic mass is 10.1. The maximum absolute atomic E-state index is 13.6. The first kappa shape index (κ1) is 16.9. The topological polar surface area (TPSA) is 69.7 Å². The van der Waals surface area contributed by atoms with E-state index in [-0.39, 0.29) is 22.8 Å². The highest BCUT2D eigenvalue weighted by Gasteiger charge is 2.24. The maximum Gasteiger partial charge on any atom is 0.342 e. The molecule has 0 spiro atoms. The summed E-state index contributed by atoms with van der Waals surface area (Å²) in [5.41, 5.74) is 0.281. The maximum atomic E-state index is 13.6. The predicted molar refractivity (Wildman–Crippen MR) is 77.2 cm³/mol. The van der Waals surface area contributed by atoms with Crippen LogP contribution in [-0.2, 0) is 10.1 Å². The smallest absolute Gasteiger partial charge is 0.342 e. The van der Waals surface area contributed by atoms with E-state index >= 15 is 0 Å². The fraction of sp³-hybridized carbons (Fsp3) is 0.133. The number of ether oxygens (including phenoxy) is 1. The number of hydrogen-bond donors (Lipinski definition) is 0. The Kier molecular flexibility index (Phi) is 4.65. The summed E-state index contributed by atoms with van der Waals surface area (Å²) in [6.45, 7) is 1.33. The van der Waals surface area contributed by atoms with Crippen molar-refractivity contribution in [2.75, 3.05) is 7.11 Å². The number of halogens is 2. The molecule has 2 rings (SSSR count). The molecule has 0 saturated carbocycles. The van der Waals surface area contributed by atoms with Crippen molar-refractivity contribution in [1.29, 1.82) is 0 Å². The zero-order valence-corrected chi connectivity index (χ0v) is 13.0. The first-order valence-corrected chi connectivity index (χ1v) is 7.74. The van der Waals surface area contributed by atoms with Crippen LogP contribution in [0.5, 0.6) is 11.5 Å². The van der Waals surface area contributed by atoms with Gasteiger partial charge in [0.05, 0.1) is 7.11 Å². The minimum atomic E-state index is -4.61. The second-order valence-corrected chi connectivity index (χ2v) is 6.05. The number of Topliss-reactive ketones (excluding diaryl/α,β-unsaturated/α-hetero) is 1. The van der Waals surface area contributed by atoms with E-state index in [4.69, 9.17) is 8.92 Å². The van der Waals surface area contributed by atoms with Gasteiger partial charge in [0.2, 0.25) is 0 Å². The Labute approximate surface area is 131 Å². The van der Waals surface area contributed by atoms with Gasteiger partial charge in [0, 0.05) is 5.56 Å². The van der Waals surface area contributed by atoms with E-state index < -0.39 is 26.6 Å². The molecule has 2 aromatic rings. The van der Waals surface area contributed by atoms with E-state index in [0.29, 0.717) is 12.1 Å². The van der Waals surface area contributed by atoms with E-state index in [1.165, 1.54) is 32.2 Å². The molecule has 23 heavy (non-hydrogen) atoms. The van der Waals surface area contributed by atoms with E-state index in [2.05, 4.69) is 0 Å². The summed E-state index contributed by atoms with van der Waals surface area (Å²) in [6, 6.07) is 5.80. The second kappa shape index (κ2) is 6.33. The zero-order valence-electron chi connectivity index (χ0n) is 12.2. The van der Waals surface area contributed by atoms with Crippen molar-refractivity contribution in [2.24, 2.45) is 0 Å². The molecule has 0 N–H and O–H groups in total. The standard InChI is InChI=1S/C15H12F2O5S/c1-9(18)10-3-6-13(14(7-10)21-2)22-23(19,20)15-8-11(16)4-5-12(15)17/h3-8H,1-2H3. The Balaban J connectivity index is 2.45. The minimum Gasteiger partial charge on any atom is -0.493 e. The Hall–Kier alpha value is -2.48. The average Bonchev–Trinajstić information content (AvgIpc) is 2.49. The fourth-order valence-electron chi connectivity index (χ4n) is 1.79. The highest BCUT2D eigenvalue weighted by Crippen LogP contribution is 2.31. The molecule has 0 saturated heterocycles. The lowest BCUT2D eigenvalue weighted by Crippen LogP contribution is -2.13. The Morgan fingerprint density at radius 3 is 2.35 bits per heavy atom. The van der Waals surface area contributed by atoms with Crippen LogP contribution in [0.15, 0.2) is 41.3 Å². The lowest BCUT2D eigenvalue weighted by Gasteiger charge is -2.12. The van der Waals surface area contributed by atoms with Gasteiger partial charge in [-0.2, -0.15) is 8.42 Å². The van der Waals surface area contributed by atoms with Gasteiger partial charge in [-0.1, -0.05) is 0 Å². The number of hydrogen-bond acceptors (Lipinski definition) is 5. The van der Waals surface area contributed by atoms with Crippen LogP contribution in [-0.4, -0.2) is 21.3 Å². The molecule has 0 amide bonds. The Morgan fingerprint density at radius 1 is 1.04 bits per heavy atom. The molecule has 0 unspecified atom stereocenters. The van der Waals surface area contributed by atoms with E-state index in [9.17, 15) is 22.0 Å². The SMILES string of the molecule is COc1cc(C(C)=O)ccc1OS(=O)(=O)c1cc(F)ccc1F. The van der Waals surface area contributed by atoms with E-state index in [1.807, 2.05) is 0 Å². The molecular weight excluding hydrogens is 330 g/mol. The number of benzene rings is 2. The molecule has 0 heterocycles. The zero-order chi connectivity index (χ0) is 17.2. The van der Waals surface area contributed by atoms with Gasteiger partial charge in [-0.3, -0.25) is 4.79 Å². The monoisotopic (exact) mass is 342 g/mol. The van der Waals surface area contributed by atoms with Crippen LogP contribution in [0.2, 0.25) is 0 Å². The fourth-order valence-corrected chi connectivity index (χ4v) is 2.81. The highest BCUT2D eigenvalue weighted by atomic mass is 32.2. The number of carbonyl (C=O) groups is 1. The van der Waals surface area contributed by atoms with Crippen molar-refractivity contribution in [1.82, 2.24) is 0 Å². The largest absolute Gasteiger partial charge is 0.493 e. The van der Waals surface area contributed by atoms with Crippen LogP contribution >= 0.6 is 0 Å². The molecule has 0 fully saturated rings. The van der Waals surface area contributed by atoms with Crippen molar-refractivity contribution in [3.05, 3.63) is 53.6 Å². The number of rotatable bonds is 5. The third-order valence-electron chi connectivity index (χ3n) is 2.93. The van der Waals surface area contributed by atoms with Gasteiger partial charge in [-0.25, -0.2) is 8.78 Å². The summed E-state index contributed by atoms with van der Waals surface area (Å²) in [4.78, 5) is 10.4. The summed E-state index contributed by atoms with van der Waals surface area (Å²) < 4.78 is 60.8. The van der Waals surface area contributed by atoms with Crippen LogP contribution in [0.1, 0.15) is 17.3 Å². The third-order valence-corrected chi connectivity index (χ3v) is 4.18. The Morgan fingerprint density at radius 2 is 1.74 bits per heavy atom. The van der Waals surface area contributed by atoms with Gasteiger partial charge in [-0.05, 0) is 43.3 Å². The molecule has 8 heteroatoms. The van der Waals surface area contributed by atoms with E-state index in [0.717, 1.165) is 6.07 Å². The molecule has 0 aliphatic heterocycles. The molecule has 0 atom stereocenters. The molecular formula is C15H12F2O5S.